The van der Waals surface area contributed by atoms with Crippen molar-refractivity contribution in [3.05, 3.63) is 10.4 Å². The van der Waals surface area contributed by atoms with Crippen LogP contribution in [-0.4, -0.2) is 26.0 Å². The molecule has 0 radical (unpaired) electrons. The van der Waals surface area contributed by atoms with E-state index in [9.17, 15) is 0 Å². The van der Waals surface area contributed by atoms with Crippen molar-refractivity contribution in [2.45, 2.75) is 19.6 Å². The van der Waals surface area contributed by atoms with Crippen LogP contribution >= 0.6 is 0 Å². The van der Waals surface area contributed by atoms with Gasteiger partial charge in [0.15, 0.2) is 6.29 Å². The number of azide groups is 1. The van der Waals surface area contributed by atoms with Gasteiger partial charge < -0.3 is 9.47 Å². The second-order valence-corrected chi connectivity index (χ2v) is 2.69. The van der Waals surface area contributed by atoms with Gasteiger partial charge in [0.2, 0.25) is 0 Å². The van der Waals surface area contributed by atoms with Gasteiger partial charge in [-0.2, -0.15) is 0 Å². The molecule has 5 nitrogen and oxygen atoms in total. The summed E-state index contributed by atoms with van der Waals surface area (Å²) in [5.41, 5.74) is 8.13. The minimum atomic E-state index is -0.166. The van der Waals surface area contributed by atoms with E-state index in [1.54, 1.807) is 0 Å². The first-order valence-corrected chi connectivity index (χ1v) is 4.12. The second-order valence-electron chi connectivity index (χ2n) is 2.69. The Hall–Kier alpha value is -0.770. The second kappa shape index (κ2) is 4.98. The minimum absolute atomic E-state index is 0.166. The van der Waals surface area contributed by atoms with Crippen molar-refractivity contribution in [3.8, 4) is 0 Å². The number of ether oxygens (including phenoxy) is 2. The van der Waals surface area contributed by atoms with Gasteiger partial charge in [-0.1, -0.05) is 12.0 Å². The first-order valence-electron chi connectivity index (χ1n) is 4.12. The molecule has 1 aliphatic rings. The van der Waals surface area contributed by atoms with Gasteiger partial charge in [-0.3, -0.25) is 0 Å². The Balaban J connectivity index is 2.37. The van der Waals surface area contributed by atoms with Crippen LogP contribution in [0.3, 0.4) is 0 Å². The third-order valence-electron chi connectivity index (χ3n) is 1.94. The summed E-state index contributed by atoms with van der Waals surface area (Å²) < 4.78 is 10.6. The van der Waals surface area contributed by atoms with Crippen LogP contribution in [0.4, 0.5) is 0 Å². The topological polar surface area (TPSA) is 67.2 Å². The molecule has 1 saturated heterocycles. The number of hydrogen-bond acceptors (Lipinski definition) is 3. The Morgan fingerprint density at radius 1 is 1.58 bits per heavy atom. The lowest BCUT2D eigenvalue weighted by atomic mass is 10.1. The molecule has 0 N–H and O–H groups in total. The number of rotatable bonds is 4. The molecule has 0 spiro atoms. The molecular formula is C7H13N3O2. The maximum absolute atomic E-state index is 8.13. The van der Waals surface area contributed by atoms with Gasteiger partial charge in [0.25, 0.3) is 0 Å². The van der Waals surface area contributed by atoms with Crippen LogP contribution in [0.2, 0.25) is 0 Å². The van der Waals surface area contributed by atoms with Crippen LogP contribution in [0, 0.1) is 5.92 Å². The number of nitrogens with zero attached hydrogens (tertiary/aromatic N) is 3. The maximum Gasteiger partial charge on any atom is 0.160 e. The lowest BCUT2D eigenvalue weighted by Gasteiger charge is -2.17. The van der Waals surface area contributed by atoms with Crippen molar-refractivity contribution in [2.75, 3.05) is 19.8 Å². The summed E-state index contributed by atoms with van der Waals surface area (Å²) in [5, 5.41) is 3.51. The van der Waals surface area contributed by atoms with Crippen LogP contribution in [0.5, 0.6) is 0 Å². The zero-order valence-corrected chi connectivity index (χ0v) is 7.14. The van der Waals surface area contributed by atoms with Crippen LogP contribution in [0.1, 0.15) is 13.3 Å². The summed E-state index contributed by atoms with van der Waals surface area (Å²) in [6, 6.07) is 0. The SMILES string of the molecule is CC[C@H](CN=[N+]=[N-])C1OCCO1. The third kappa shape index (κ3) is 2.37. The minimum Gasteiger partial charge on any atom is -0.350 e. The van der Waals surface area contributed by atoms with Gasteiger partial charge in [-0.15, -0.1) is 0 Å². The van der Waals surface area contributed by atoms with Crippen molar-refractivity contribution in [3.63, 3.8) is 0 Å². The fraction of sp³-hybridized carbons (Fsp3) is 1.00. The quantitative estimate of drug-likeness (QED) is 0.367. The zero-order valence-electron chi connectivity index (χ0n) is 7.14. The van der Waals surface area contributed by atoms with Gasteiger partial charge in [-0.05, 0) is 12.0 Å². The van der Waals surface area contributed by atoms with E-state index in [2.05, 4.69) is 10.0 Å². The molecule has 5 heteroatoms. The fourth-order valence-electron chi connectivity index (χ4n) is 1.20. The van der Waals surface area contributed by atoms with E-state index < -0.39 is 0 Å². The predicted octanol–water partition coefficient (Wildman–Crippen LogP) is 1.70. The van der Waals surface area contributed by atoms with Crippen LogP contribution < -0.4 is 0 Å². The highest BCUT2D eigenvalue weighted by Crippen LogP contribution is 2.18. The standard InChI is InChI=1S/C7H13N3O2/c1-2-6(5-9-10-8)7-11-3-4-12-7/h6-7H,2-5H2,1H3/t6-/m1/s1. The van der Waals surface area contributed by atoms with Crippen LogP contribution in [0.25, 0.3) is 10.4 Å². The average molecular weight is 171 g/mol. The molecular weight excluding hydrogens is 158 g/mol. The van der Waals surface area contributed by atoms with E-state index in [0.717, 1.165) is 6.42 Å². The Morgan fingerprint density at radius 2 is 2.25 bits per heavy atom. The van der Waals surface area contributed by atoms with Crippen molar-refractivity contribution in [1.82, 2.24) is 0 Å². The van der Waals surface area contributed by atoms with E-state index in [4.69, 9.17) is 15.0 Å². The highest BCUT2D eigenvalue weighted by Gasteiger charge is 2.24. The lowest BCUT2D eigenvalue weighted by molar-refractivity contribution is -0.0814. The smallest absolute Gasteiger partial charge is 0.160 e. The Morgan fingerprint density at radius 3 is 2.75 bits per heavy atom. The molecule has 0 aliphatic carbocycles. The largest absolute Gasteiger partial charge is 0.350 e. The lowest BCUT2D eigenvalue weighted by Crippen LogP contribution is -2.23. The third-order valence-corrected chi connectivity index (χ3v) is 1.94. The molecule has 68 valence electrons. The van der Waals surface area contributed by atoms with Gasteiger partial charge in [0.1, 0.15) is 0 Å². The van der Waals surface area contributed by atoms with Gasteiger partial charge in [0.05, 0.1) is 13.2 Å². The summed E-state index contributed by atoms with van der Waals surface area (Å²) in [6.45, 7) is 3.79. The molecule has 0 aromatic heterocycles. The van der Waals surface area contributed by atoms with Gasteiger partial charge in [-0.25, -0.2) is 0 Å². The van der Waals surface area contributed by atoms with E-state index in [0.29, 0.717) is 19.8 Å². The molecule has 1 fully saturated rings. The Bertz CT molecular complexity index is 173. The van der Waals surface area contributed by atoms with Crippen molar-refractivity contribution >= 4 is 0 Å². The van der Waals surface area contributed by atoms with Crippen molar-refractivity contribution < 1.29 is 9.47 Å². The number of hydrogen-bond donors (Lipinski definition) is 0. The Kier molecular flexibility index (Phi) is 3.87. The Labute approximate surface area is 71.3 Å². The molecule has 0 unspecified atom stereocenters. The van der Waals surface area contributed by atoms with E-state index >= 15 is 0 Å². The molecule has 1 aliphatic heterocycles. The first kappa shape index (κ1) is 9.32. The molecule has 0 aromatic rings. The van der Waals surface area contributed by atoms with E-state index in [1.165, 1.54) is 0 Å². The normalized spacial score (nSPS) is 20.4. The van der Waals surface area contributed by atoms with Crippen molar-refractivity contribution in [2.24, 2.45) is 11.0 Å². The summed E-state index contributed by atoms with van der Waals surface area (Å²) in [7, 11) is 0. The highest BCUT2D eigenvalue weighted by molar-refractivity contribution is 4.67. The zero-order chi connectivity index (χ0) is 8.81. The molecule has 0 amide bonds. The first-order chi connectivity index (χ1) is 5.88. The molecule has 12 heavy (non-hydrogen) atoms. The van der Waals surface area contributed by atoms with Crippen LogP contribution in [-0.2, 0) is 9.47 Å². The fourth-order valence-corrected chi connectivity index (χ4v) is 1.20. The van der Waals surface area contributed by atoms with E-state index in [-0.39, 0.29) is 12.2 Å². The monoisotopic (exact) mass is 171 g/mol. The molecule has 0 bridgehead atoms. The van der Waals surface area contributed by atoms with E-state index in [1.807, 2.05) is 6.92 Å². The summed E-state index contributed by atoms with van der Waals surface area (Å²) in [4.78, 5) is 2.71. The predicted molar refractivity (Wildman–Crippen MR) is 43.5 cm³/mol. The molecule has 1 atom stereocenters. The molecule has 0 aromatic carbocycles. The summed E-state index contributed by atoms with van der Waals surface area (Å²) in [6.07, 6.45) is 0.740. The van der Waals surface area contributed by atoms with Gasteiger partial charge >= 0.3 is 0 Å². The molecule has 0 saturated carbocycles. The van der Waals surface area contributed by atoms with Crippen LogP contribution in [0.15, 0.2) is 5.11 Å². The summed E-state index contributed by atoms with van der Waals surface area (Å²) >= 11 is 0. The summed E-state index contributed by atoms with van der Waals surface area (Å²) in [5.74, 6) is 0.198. The maximum atomic E-state index is 8.13. The highest BCUT2D eigenvalue weighted by atomic mass is 16.7. The molecule has 1 heterocycles. The molecule has 1 rings (SSSR count). The average Bonchev–Trinajstić information content (AvgIpc) is 2.59. The van der Waals surface area contributed by atoms with Crippen molar-refractivity contribution in [1.29, 1.82) is 0 Å². The van der Waals surface area contributed by atoms with Gasteiger partial charge in [0, 0.05) is 17.4 Å².